The number of aromatic nitrogens is 1. The lowest BCUT2D eigenvalue weighted by Crippen LogP contribution is -2.32. The van der Waals surface area contributed by atoms with Crippen molar-refractivity contribution in [2.45, 2.75) is 12.8 Å². The first kappa shape index (κ1) is 12.5. The number of amides is 1. The fourth-order valence-corrected chi connectivity index (χ4v) is 2.44. The Labute approximate surface area is 117 Å². The second-order valence-electron chi connectivity index (χ2n) is 4.72. The van der Waals surface area contributed by atoms with Gasteiger partial charge in [0.25, 0.3) is 5.91 Å². The van der Waals surface area contributed by atoms with E-state index in [4.69, 9.17) is 0 Å². The van der Waals surface area contributed by atoms with Crippen molar-refractivity contribution in [3.05, 3.63) is 59.9 Å². The molecule has 1 amide bonds. The number of rotatable bonds is 1. The van der Waals surface area contributed by atoms with Gasteiger partial charge in [0.15, 0.2) is 5.78 Å². The maximum absolute atomic E-state index is 12.6. The molecule has 0 aliphatic carbocycles. The molecular weight excluding hydrogens is 252 g/mol. The second-order valence-corrected chi connectivity index (χ2v) is 4.72. The van der Waals surface area contributed by atoms with Crippen LogP contribution in [0, 0.1) is 0 Å². The van der Waals surface area contributed by atoms with Crippen molar-refractivity contribution in [3.63, 3.8) is 0 Å². The summed E-state index contributed by atoms with van der Waals surface area (Å²) in [4.78, 5) is 30.4. The monoisotopic (exact) mass is 266 g/mol. The molecule has 20 heavy (non-hydrogen) atoms. The van der Waals surface area contributed by atoms with Crippen LogP contribution in [0.15, 0.2) is 48.7 Å². The maximum atomic E-state index is 12.6. The van der Waals surface area contributed by atoms with Gasteiger partial charge in [-0.15, -0.1) is 0 Å². The zero-order valence-corrected chi connectivity index (χ0v) is 11.0. The van der Waals surface area contributed by atoms with Gasteiger partial charge in [0, 0.05) is 24.7 Å². The Kier molecular flexibility index (Phi) is 3.29. The smallest absolute Gasteiger partial charge is 0.276 e. The van der Waals surface area contributed by atoms with Gasteiger partial charge in [-0.05, 0) is 30.7 Å². The molecule has 2 aromatic rings. The van der Waals surface area contributed by atoms with E-state index in [-0.39, 0.29) is 11.7 Å². The van der Waals surface area contributed by atoms with Crippen LogP contribution >= 0.6 is 0 Å². The molecule has 4 nitrogen and oxygen atoms in total. The third-order valence-electron chi connectivity index (χ3n) is 3.41. The standard InChI is InChI=1S/C16H14N2O2/c19-15-9-5-11-18(14-8-2-1-6-12(14)15)16(20)13-7-3-4-10-17-13/h1-4,6-8,10H,5,9,11H2. The lowest BCUT2D eigenvalue weighted by molar-refractivity contribution is 0.0971. The molecule has 0 fully saturated rings. The molecule has 0 bridgehead atoms. The number of hydrogen-bond acceptors (Lipinski definition) is 3. The molecule has 1 aliphatic heterocycles. The molecule has 1 aromatic heterocycles. The number of carbonyl (C=O) groups excluding carboxylic acids is 2. The van der Waals surface area contributed by atoms with Crippen LogP contribution in [-0.2, 0) is 0 Å². The first-order chi connectivity index (χ1) is 9.77. The normalized spacial score (nSPS) is 14.6. The van der Waals surface area contributed by atoms with E-state index in [1.165, 1.54) is 0 Å². The third kappa shape index (κ3) is 2.20. The van der Waals surface area contributed by atoms with Crippen molar-refractivity contribution >= 4 is 17.4 Å². The first-order valence-corrected chi connectivity index (χ1v) is 6.62. The number of Topliss-reactive ketones (excluding diaryl/α,β-unsaturated/α-hetero) is 1. The van der Waals surface area contributed by atoms with Crippen molar-refractivity contribution < 1.29 is 9.59 Å². The van der Waals surface area contributed by atoms with E-state index in [2.05, 4.69) is 4.98 Å². The van der Waals surface area contributed by atoms with Crippen molar-refractivity contribution in [2.24, 2.45) is 0 Å². The number of nitrogens with zero attached hydrogens (tertiary/aromatic N) is 2. The summed E-state index contributed by atoms with van der Waals surface area (Å²) in [6.45, 7) is 0.540. The van der Waals surface area contributed by atoms with E-state index in [1.807, 2.05) is 18.2 Å². The Morgan fingerprint density at radius 2 is 1.90 bits per heavy atom. The lowest BCUT2D eigenvalue weighted by Gasteiger charge is -2.21. The molecular formula is C16H14N2O2. The van der Waals surface area contributed by atoms with E-state index < -0.39 is 0 Å². The van der Waals surface area contributed by atoms with Gasteiger partial charge < -0.3 is 4.90 Å². The number of fused-ring (bicyclic) bond motifs is 1. The Bertz CT molecular complexity index is 653. The minimum absolute atomic E-state index is 0.0944. The van der Waals surface area contributed by atoms with E-state index in [9.17, 15) is 9.59 Å². The van der Waals surface area contributed by atoms with Gasteiger partial charge in [-0.3, -0.25) is 14.6 Å². The van der Waals surface area contributed by atoms with E-state index in [1.54, 1.807) is 35.4 Å². The van der Waals surface area contributed by atoms with Crippen molar-refractivity contribution in [1.82, 2.24) is 4.98 Å². The Hall–Kier alpha value is -2.49. The number of carbonyl (C=O) groups is 2. The quantitative estimate of drug-likeness (QED) is 0.797. The van der Waals surface area contributed by atoms with Crippen LogP contribution in [-0.4, -0.2) is 23.2 Å². The average Bonchev–Trinajstić information content (AvgIpc) is 2.67. The molecule has 0 unspecified atom stereocenters. The van der Waals surface area contributed by atoms with Crippen LogP contribution in [0.4, 0.5) is 5.69 Å². The number of hydrogen-bond donors (Lipinski definition) is 0. The number of ketones is 1. The highest BCUT2D eigenvalue weighted by Crippen LogP contribution is 2.27. The summed E-state index contributed by atoms with van der Waals surface area (Å²) in [6, 6.07) is 12.5. The highest BCUT2D eigenvalue weighted by atomic mass is 16.2. The SMILES string of the molecule is O=C1CCCN(C(=O)c2ccccn2)c2ccccc21. The summed E-state index contributed by atoms with van der Waals surface area (Å²) in [5, 5.41) is 0. The van der Waals surface area contributed by atoms with Gasteiger partial charge in [-0.2, -0.15) is 0 Å². The molecule has 3 rings (SSSR count). The van der Waals surface area contributed by atoms with Crippen molar-refractivity contribution in [3.8, 4) is 0 Å². The molecule has 0 spiro atoms. The zero-order chi connectivity index (χ0) is 13.9. The summed E-state index contributed by atoms with van der Waals surface area (Å²) in [5.74, 6) is -0.0651. The van der Waals surface area contributed by atoms with Crippen molar-refractivity contribution in [2.75, 3.05) is 11.4 Å². The van der Waals surface area contributed by atoms with E-state index in [0.717, 1.165) is 0 Å². The van der Waals surface area contributed by atoms with Crippen LogP contribution < -0.4 is 4.90 Å². The summed E-state index contributed by atoms with van der Waals surface area (Å²) in [6.07, 6.45) is 2.75. The average molecular weight is 266 g/mol. The number of para-hydroxylation sites is 1. The molecule has 0 saturated heterocycles. The molecule has 0 N–H and O–H groups in total. The maximum Gasteiger partial charge on any atom is 0.276 e. The molecule has 100 valence electrons. The summed E-state index contributed by atoms with van der Waals surface area (Å²) < 4.78 is 0. The largest absolute Gasteiger partial charge is 0.306 e. The number of pyridine rings is 1. The summed E-state index contributed by atoms with van der Waals surface area (Å²) in [5.41, 5.74) is 1.71. The minimum atomic E-state index is -0.159. The molecule has 0 saturated carbocycles. The highest BCUT2D eigenvalue weighted by molar-refractivity contribution is 6.10. The van der Waals surface area contributed by atoms with Gasteiger partial charge in [-0.25, -0.2) is 0 Å². The molecule has 1 aromatic carbocycles. The van der Waals surface area contributed by atoms with Crippen molar-refractivity contribution in [1.29, 1.82) is 0 Å². The zero-order valence-electron chi connectivity index (χ0n) is 11.0. The Balaban J connectivity index is 2.04. The van der Waals surface area contributed by atoms with Gasteiger partial charge in [0.05, 0.1) is 5.69 Å². The predicted octanol–water partition coefficient (Wildman–Crippen LogP) is 2.70. The highest BCUT2D eigenvalue weighted by Gasteiger charge is 2.25. The fourth-order valence-electron chi connectivity index (χ4n) is 2.44. The number of anilines is 1. The van der Waals surface area contributed by atoms with Gasteiger partial charge in [-0.1, -0.05) is 18.2 Å². The molecule has 1 aliphatic rings. The molecule has 4 heteroatoms. The van der Waals surface area contributed by atoms with E-state index >= 15 is 0 Å². The molecule has 2 heterocycles. The van der Waals surface area contributed by atoms with E-state index in [0.29, 0.717) is 36.3 Å². The first-order valence-electron chi connectivity index (χ1n) is 6.62. The minimum Gasteiger partial charge on any atom is -0.306 e. The Morgan fingerprint density at radius 1 is 1.10 bits per heavy atom. The van der Waals surface area contributed by atoms with Crippen LogP contribution in [0.1, 0.15) is 33.7 Å². The van der Waals surface area contributed by atoms with Gasteiger partial charge in [0.1, 0.15) is 5.69 Å². The van der Waals surface area contributed by atoms with Gasteiger partial charge in [0.2, 0.25) is 0 Å². The fraction of sp³-hybridized carbons (Fsp3) is 0.188. The second kappa shape index (κ2) is 5.25. The molecule has 0 atom stereocenters. The molecule has 0 radical (unpaired) electrons. The van der Waals surface area contributed by atoms with Gasteiger partial charge >= 0.3 is 0 Å². The predicted molar refractivity (Wildman–Crippen MR) is 75.9 cm³/mol. The van der Waals surface area contributed by atoms with Crippen LogP contribution in [0.2, 0.25) is 0 Å². The Morgan fingerprint density at radius 3 is 2.70 bits per heavy atom. The third-order valence-corrected chi connectivity index (χ3v) is 3.41. The lowest BCUT2D eigenvalue weighted by atomic mass is 10.1. The topological polar surface area (TPSA) is 50.3 Å². The summed E-state index contributed by atoms with van der Waals surface area (Å²) in [7, 11) is 0. The summed E-state index contributed by atoms with van der Waals surface area (Å²) >= 11 is 0. The number of benzene rings is 1. The van der Waals surface area contributed by atoms with Crippen LogP contribution in [0.5, 0.6) is 0 Å². The van der Waals surface area contributed by atoms with Crippen LogP contribution in [0.3, 0.4) is 0 Å². The van der Waals surface area contributed by atoms with Crippen LogP contribution in [0.25, 0.3) is 0 Å².